The fourth-order valence-electron chi connectivity index (χ4n) is 2.15. The minimum atomic E-state index is -0.677. The van der Waals surface area contributed by atoms with Gasteiger partial charge < -0.3 is 15.4 Å². The van der Waals surface area contributed by atoms with Crippen LogP contribution in [0.15, 0.2) is 54.6 Å². The number of fused-ring (bicyclic) bond motifs is 1. The molecule has 3 rings (SSSR count). The van der Waals surface area contributed by atoms with Crippen LogP contribution >= 0.6 is 0 Å². The Labute approximate surface area is 121 Å². The molecular weight excluding hydrogens is 268 g/mol. The molecule has 0 radical (unpaired) electrons. The van der Waals surface area contributed by atoms with Gasteiger partial charge in [0.25, 0.3) is 0 Å². The normalized spacial score (nSPS) is 16.4. The Balaban J connectivity index is 1.65. The number of carbonyl (C=O) groups is 2. The van der Waals surface area contributed by atoms with E-state index in [1.54, 1.807) is 24.3 Å². The van der Waals surface area contributed by atoms with Gasteiger partial charge in [-0.15, -0.1) is 0 Å². The molecule has 1 heterocycles. The predicted molar refractivity (Wildman–Crippen MR) is 79.2 cm³/mol. The number of benzene rings is 2. The minimum Gasteiger partial charge on any atom is -0.423 e. The fraction of sp³-hybridized carbons (Fsp3) is 0.125. The van der Waals surface area contributed by atoms with Crippen molar-refractivity contribution < 1.29 is 14.3 Å². The third kappa shape index (κ3) is 3.02. The summed E-state index contributed by atoms with van der Waals surface area (Å²) >= 11 is 0. The van der Waals surface area contributed by atoms with Crippen molar-refractivity contribution in [3.8, 4) is 5.75 Å². The van der Waals surface area contributed by atoms with E-state index in [9.17, 15) is 9.59 Å². The van der Waals surface area contributed by atoms with Gasteiger partial charge in [0.2, 0.25) is 5.91 Å². The van der Waals surface area contributed by atoms with E-state index in [1.165, 1.54) is 0 Å². The molecule has 0 saturated carbocycles. The summed E-state index contributed by atoms with van der Waals surface area (Å²) in [7, 11) is 0. The van der Waals surface area contributed by atoms with Crippen LogP contribution in [0.25, 0.3) is 0 Å². The van der Waals surface area contributed by atoms with Crippen molar-refractivity contribution in [2.45, 2.75) is 12.5 Å². The number of anilines is 2. The zero-order valence-electron chi connectivity index (χ0n) is 11.2. The van der Waals surface area contributed by atoms with Crippen LogP contribution in [-0.4, -0.2) is 17.9 Å². The summed E-state index contributed by atoms with van der Waals surface area (Å²) in [5, 5.41) is 5.78. The van der Waals surface area contributed by atoms with Crippen LogP contribution < -0.4 is 15.4 Å². The van der Waals surface area contributed by atoms with Gasteiger partial charge in [0.05, 0.1) is 12.1 Å². The number of para-hydroxylation sites is 3. The Morgan fingerprint density at radius 3 is 2.62 bits per heavy atom. The Morgan fingerprint density at radius 2 is 1.81 bits per heavy atom. The van der Waals surface area contributed by atoms with Gasteiger partial charge in [-0.25, -0.2) is 4.79 Å². The lowest BCUT2D eigenvalue weighted by molar-refractivity contribution is -0.137. The molecule has 0 fully saturated rings. The molecule has 2 aromatic rings. The lowest BCUT2D eigenvalue weighted by Gasteiger charge is -2.24. The number of amides is 1. The highest BCUT2D eigenvalue weighted by molar-refractivity contribution is 5.97. The van der Waals surface area contributed by atoms with Gasteiger partial charge in [-0.05, 0) is 24.3 Å². The SMILES string of the molecule is O=C(C[C@H]1Nc2ccccc2OC1=O)Nc1ccccc1. The van der Waals surface area contributed by atoms with Gasteiger partial charge in [0.15, 0.2) is 5.75 Å². The molecule has 0 bridgehead atoms. The van der Waals surface area contributed by atoms with E-state index in [1.807, 2.05) is 30.3 Å². The summed E-state index contributed by atoms with van der Waals surface area (Å²) in [4.78, 5) is 23.9. The van der Waals surface area contributed by atoms with Crippen LogP contribution in [0.4, 0.5) is 11.4 Å². The zero-order valence-corrected chi connectivity index (χ0v) is 11.2. The molecule has 1 aliphatic rings. The molecule has 21 heavy (non-hydrogen) atoms. The first kappa shape index (κ1) is 13.2. The highest BCUT2D eigenvalue weighted by Gasteiger charge is 2.29. The van der Waals surface area contributed by atoms with E-state index in [0.717, 1.165) is 5.69 Å². The largest absolute Gasteiger partial charge is 0.423 e. The Bertz CT molecular complexity index is 670. The molecule has 0 saturated heterocycles. The van der Waals surface area contributed by atoms with Crippen LogP contribution in [-0.2, 0) is 9.59 Å². The van der Waals surface area contributed by atoms with Gasteiger partial charge in [-0.3, -0.25) is 4.79 Å². The maximum atomic E-state index is 12.0. The Morgan fingerprint density at radius 1 is 1.10 bits per heavy atom. The van der Waals surface area contributed by atoms with E-state index >= 15 is 0 Å². The average molecular weight is 282 g/mol. The van der Waals surface area contributed by atoms with Gasteiger partial charge in [-0.1, -0.05) is 30.3 Å². The van der Waals surface area contributed by atoms with Crippen LogP contribution in [0.1, 0.15) is 6.42 Å². The quantitative estimate of drug-likeness (QED) is 0.670. The van der Waals surface area contributed by atoms with Crippen molar-refractivity contribution >= 4 is 23.3 Å². The number of esters is 1. The average Bonchev–Trinajstić information content (AvgIpc) is 2.49. The molecule has 0 aliphatic carbocycles. The number of carbonyl (C=O) groups excluding carboxylic acids is 2. The second-order valence-corrected chi connectivity index (χ2v) is 4.73. The van der Waals surface area contributed by atoms with Gasteiger partial charge in [0.1, 0.15) is 6.04 Å². The molecule has 2 aromatic carbocycles. The molecule has 1 atom stereocenters. The Kier molecular flexibility index (Phi) is 3.55. The molecule has 5 nitrogen and oxygen atoms in total. The van der Waals surface area contributed by atoms with Crippen LogP contribution in [0.2, 0.25) is 0 Å². The summed E-state index contributed by atoms with van der Waals surface area (Å²) in [6, 6.07) is 15.6. The summed E-state index contributed by atoms with van der Waals surface area (Å²) in [6.07, 6.45) is 0.0159. The standard InChI is InChI=1S/C16H14N2O3/c19-15(17-11-6-2-1-3-7-11)10-13-16(20)21-14-9-5-4-8-12(14)18-13/h1-9,13,18H,10H2,(H,17,19)/t13-/m1/s1. The molecule has 2 N–H and O–H groups in total. The fourth-order valence-corrected chi connectivity index (χ4v) is 2.15. The van der Waals surface area contributed by atoms with Gasteiger partial charge >= 0.3 is 5.97 Å². The van der Waals surface area contributed by atoms with Crippen molar-refractivity contribution in [2.24, 2.45) is 0 Å². The number of hydrogen-bond acceptors (Lipinski definition) is 4. The minimum absolute atomic E-state index is 0.0159. The van der Waals surface area contributed by atoms with Gasteiger partial charge in [-0.2, -0.15) is 0 Å². The second kappa shape index (κ2) is 5.66. The third-order valence-electron chi connectivity index (χ3n) is 3.16. The van der Waals surface area contributed by atoms with Gasteiger partial charge in [0, 0.05) is 5.69 Å². The summed E-state index contributed by atoms with van der Waals surface area (Å²) in [6.45, 7) is 0. The van der Waals surface area contributed by atoms with E-state index in [0.29, 0.717) is 11.4 Å². The van der Waals surface area contributed by atoms with Crippen molar-refractivity contribution in [1.82, 2.24) is 0 Å². The van der Waals surface area contributed by atoms with E-state index < -0.39 is 12.0 Å². The molecular formula is C16H14N2O3. The number of rotatable bonds is 3. The predicted octanol–water partition coefficient (Wildman–Crippen LogP) is 2.41. The number of nitrogens with one attached hydrogen (secondary N) is 2. The van der Waals surface area contributed by atoms with E-state index in [2.05, 4.69) is 10.6 Å². The summed E-state index contributed by atoms with van der Waals surface area (Å²) < 4.78 is 5.21. The maximum Gasteiger partial charge on any atom is 0.334 e. The smallest absolute Gasteiger partial charge is 0.334 e. The number of ether oxygens (including phenoxy) is 1. The monoisotopic (exact) mass is 282 g/mol. The molecule has 5 heteroatoms. The highest BCUT2D eigenvalue weighted by Crippen LogP contribution is 2.29. The summed E-state index contributed by atoms with van der Waals surface area (Å²) in [5.41, 5.74) is 1.42. The van der Waals surface area contributed by atoms with Crippen molar-refractivity contribution in [3.63, 3.8) is 0 Å². The first-order valence-electron chi connectivity index (χ1n) is 6.64. The lowest BCUT2D eigenvalue weighted by atomic mass is 10.1. The maximum absolute atomic E-state index is 12.0. The van der Waals surface area contributed by atoms with E-state index in [-0.39, 0.29) is 12.3 Å². The molecule has 0 unspecified atom stereocenters. The van der Waals surface area contributed by atoms with Crippen molar-refractivity contribution in [2.75, 3.05) is 10.6 Å². The van der Waals surface area contributed by atoms with Crippen molar-refractivity contribution in [1.29, 1.82) is 0 Å². The molecule has 106 valence electrons. The second-order valence-electron chi connectivity index (χ2n) is 4.73. The summed E-state index contributed by atoms with van der Waals surface area (Å²) in [5.74, 6) is -0.200. The molecule has 1 amide bonds. The number of hydrogen-bond donors (Lipinski definition) is 2. The topological polar surface area (TPSA) is 67.4 Å². The molecule has 0 aromatic heterocycles. The highest BCUT2D eigenvalue weighted by atomic mass is 16.5. The molecule has 0 spiro atoms. The lowest BCUT2D eigenvalue weighted by Crippen LogP contribution is -2.39. The first-order valence-corrected chi connectivity index (χ1v) is 6.64. The first-order chi connectivity index (χ1) is 10.2. The molecule has 1 aliphatic heterocycles. The van der Waals surface area contributed by atoms with Crippen LogP contribution in [0, 0.1) is 0 Å². The Hall–Kier alpha value is -2.82. The van der Waals surface area contributed by atoms with Crippen LogP contribution in [0.5, 0.6) is 5.75 Å². The third-order valence-corrected chi connectivity index (χ3v) is 3.16. The van der Waals surface area contributed by atoms with Crippen molar-refractivity contribution in [3.05, 3.63) is 54.6 Å². The zero-order chi connectivity index (χ0) is 14.7. The van der Waals surface area contributed by atoms with Crippen LogP contribution in [0.3, 0.4) is 0 Å². The van der Waals surface area contributed by atoms with E-state index in [4.69, 9.17) is 4.74 Å².